The molecule has 1 nitrogen and oxygen atoms in total. The van der Waals surface area contributed by atoms with Crippen LogP contribution in [-0.2, 0) is 0 Å². The summed E-state index contributed by atoms with van der Waals surface area (Å²) >= 11 is 3.47. The molecule has 0 bridgehead atoms. The summed E-state index contributed by atoms with van der Waals surface area (Å²) in [4.78, 5) is 12.2. The molecule has 1 aromatic rings. The van der Waals surface area contributed by atoms with Crippen LogP contribution in [-0.4, -0.2) is 5.78 Å². The molecule has 0 spiro atoms. The number of carbonyl (C=O) groups is 1. The third-order valence-corrected chi connectivity index (χ3v) is 4.38. The number of carbonyl (C=O) groups excluding carboxylic acids is 1. The van der Waals surface area contributed by atoms with Gasteiger partial charge in [-0.25, -0.2) is 0 Å². The molecule has 1 saturated carbocycles. The summed E-state index contributed by atoms with van der Waals surface area (Å²) in [6.45, 7) is 2.01. The standard InChI is InChI=1S/C14H17BrO/c1-10-12(7-4-8-13(10)15)14(16)9-11-5-2-3-6-11/h4,7-8,11H,2-3,5-6,9H2,1H3. The highest BCUT2D eigenvalue weighted by Gasteiger charge is 2.20. The van der Waals surface area contributed by atoms with Gasteiger partial charge in [-0.2, -0.15) is 0 Å². The molecule has 2 heteroatoms. The molecule has 0 aliphatic heterocycles. The van der Waals surface area contributed by atoms with Crippen LogP contribution in [0.4, 0.5) is 0 Å². The Kier molecular flexibility index (Phi) is 3.80. The quantitative estimate of drug-likeness (QED) is 0.744. The minimum absolute atomic E-state index is 0.311. The molecule has 0 aromatic heterocycles. The van der Waals surface area contributed by atoms with E-state index in [1.807, 2.05) is 25.1 Å². The number of rotatable bonds is 3. The van der Waals surface area contributed by atoms with Crippen LogP contribution in [0.1, 0.15) is 48.0 Å². The normalized spacial score (nSPS) is 16.6. The summed E-state index contributed by atoms with van der Waals surface area (Å²) in [7, 11) is 0. The van der Waals surface area contributed by atoms with Crippen LogP contribution in [0.25, 0.3) is 0 Å². The second-order valence-corrected chi connectivity index (χ2v) is 5.54. The SMILES string of the molecule is Cc1c(Br)cccc1C(=O)CC1CCCC1. The van der Waals surface area contributed by atoms with Gasteiger partial charge in [-0.05, 0) is 24.5 Å². The number of Topliss-reactive ketones (excluding diaryl/α,β-unsaturated/α-hetero) is 1. The zero-order valence-corrected chi connectivity index (χ0v) is 11.2. The van der Waals surface area contributed by atoms with Gasteiger partial charge >= 0.3 is 0 Å². The van der Waals surface area contributed by atoms with Crippen molar-refractivity contribution in [1.29, 1.82) is 0 Å². The summed E-state index contributed by atoms with van der Waals surface area (Å²) in [6, 6.07) is 5.87. The van der Waals surface area contributed by atoms with Crippen molar-refractivity contribution >= 4 is 21.7 Å². The van der Waals surface area contributed by atoms with Crippen molar-refractivity contribution in [2.24, 2.45) is 5.92 Å². The van der Waals surface area contributed by atoms with Crippen LogP contribution in [0.5, 0.6) is 0 Å². The molecule has 0 unspecified atom stereocenters. The van der Waals surface area contributed by atoms with E-state index in [4.69, 9.17) is 0 Å². The first kappa shape index (κ1) is 11.8. The summed E-state index contributed by atoms with van der Waals surface area (Å²) in [5.74, 6) is 0.941. The molecular formula is C14H17BrO. The van der Waals surface area contributed by atoms with Crippen LogP contribution in [0, 0.1) is 12.8 Å². The van der Waals surface area contributed by atoms with E-state index in [0.717, 1.165) is 22.0 Å². The van der Waals surface area contributed by atoms with Gasteiger partial charge in [0.15, 0.2) is 5.78 Å². The third kappa shape index (κ3) is 2.54. The van der Waals surface area contributed by atoms with E-state index in [2.05, 4.69) is 15.9 Å². The predicted octanol–water partition coefficient (Wildman–Crippen LogP) is 4.52. The molecule has 1 fully saturated rings. The molecule has 0 amide bonds. The second-order valence-electron chi connectivity index (χ2n) is 4.69. The molecule has 0 N–H and O–H groups in total. The Morgan fingerprint density at radius 2 is 2.06 bits per heavy atom. The van der Waals surface area contributed by atoms with E-state index in [-0.39, 0.29) is 0 Å². The molecule has 0 radical (unpaired) electrons. The van der Waals surface area contributed by atoms with E-state index in [0.29, 0.717) is 11.7 Å². The highest BCUT2D eigenvalue weighted by molar-refractivity contribution is 9.10. The summed E-state index contributed by atoms with van der Waals surface area (Å²) in [5, 5.41) is 0. The maximum atomic E-state index is 12.2. The molecule has 1 aliphatic carbocycles. The molecule has 16 heavy (non-hydrogen) atoms. The summed E-state index contributed by atoms with van der Waals surface area (Å²) in [5.41, 5.74) is 1.96. The molecule has 0 atom stereocenters. The number of ketones is 1. The predicted molar refractivity (Wildman–Crippen MR) is 69.8 cm³/mol. The smallest absolute Gasteiger partial charge is 0.163 e. The van der Waals surface area contributed by atoms with Crippen LogP contribution in [0.3, 0.4) is 0 Å². The second kappa shape index (κ2) is 5.13. The highest BCUT2D eigenvalue weighted by atomic mass is 79.9. The average Bonchev–Trinajstić information content (AvgIpc) is 2.74. The van der Waals surface area contributed by atoms with Gasteiger partial charge in [0, 0.05) is 16.5 Å². The minimum atomic E-state index is 0.311. The van der Waals surface area contributed by atoms with Crippen LogP contribution < -0.4 is 0 Å². The zero-order chi connectivity index (χ0) is 11.5. The van der Waals surface area contributed by atoms with Gasteiger partial charge in [0.25, 0.3) is 0 Å². The van der Waals surface area contributed by atoms with Gasteiger partial charge in [0.1, 0.15) is 0 Å². The monoisotopic (exact) mass is 280 g/mol. The van der Waals surface area contributed by atoms with Crippen molar-refractivity contribution in [3.8, 4) is 0 Å². The highest BCUT2D eigenvalue weighted by Crippen LogP contribution is 2.30. The van der Waals surface area contributed by atoms with E-state index in [1.54, 1.807) is 0 Å². The molecule has 2 rings (SSSR count). The third-order valence-electron chi connectivity index (χ3n) is 3.52. The van der Waals surface area contributed by atoms with Gasteiger partial charge in [0.2, 0.25) is 0 Å². The van der Waals surface area contributed by atoms with Crippen molar-refractivity contribution < 1.29 is 4.79 Å². The Morgan fingerprint density at radius 1 is 1.38 bits per heavy atom. The lowest BCUT2D eigenvalue weighted by atomic mass is 9.95. The lowest BCUT2D eigenvalue weighted by molar-refractivity contribution is 0.0961. The van der Waals surface area contributed by atoms with Crippen LogP contribution in [0.2, 0.25) is 0 Å². The van der Waals surface area contributed by atoms with Crippen molar-refractivity contribution in [2.45, 2.75) is 39.0 Å². The summed E-state index contributed by atoms with van der Waals surface area (Å²) < 4.78 is 1.03. The van der Waals surface area contributed by atoms with E-state index in [1.165, 1.54) is 25.7 Å². The van der Waals surface area contributed by atoms with Gasteiger partial charge < -0.3 is 0 Å². The number of halogens is 1. The first-order valence-electron chi connectivity index (χ1n) is 5.97. The van der Waals surface area contributed by atoms with Gasteiger partial charge in [-0.15, -0.1) is 0 Å². The fourth-order valence-corrected chi connectivity index (χ4v) is 2.86. The van der Waals surface area contributed by atoms with Crippen LogP contribution in [0.15, 0.2) is 22.7 Å². The first-order valence-corrected chi connectivity index (χ1v) is 6.76. The number of hydrogen-bond acceptors (Lipinski definition) is 1. The fraction of sp³-hybridized carbons (Fsp3) is 0.500. The summed E-state index contributed by atoms with van der Waals surface area (Å²) in [6.07, 6.45) is 5.81. The largest absolute Gasteiger partial charge is 0.294 e. The Balaban J connectivity index is 2.11. The van der Waals surface area contributed by atoms with E-state index < -0.39 is 0 Å². The van der Waals surface area contributed by atoms with Crippen molar-refractivity contribution in [3.05, 3.63) is 33.8 Å². The lowest BCUT2D eigenvalue weighted by Gasteiger charge is -2.10. The minimum Gasteiger partial charge on any atom is -0.294 e. The average molecular weight is 281 g/mol. The Hall–Kier alpha value is -0.630. The van der Waals surface area contributed by atoms with Gasteiger partial charge in [-0.3, -0.25) is 4.79 Å². The first-order chi connectivity index (χ1) is 7.68. The molecule has 0 heterocycles. The van der Waals surface area contributed by atoms with E-state index >= 15 is 0 Å². The molecular weight excluding hydrogens is 264 g/mol. The Morgan fingerprint density at radius 3 is 2.75 bits per heavy atom. The molecule has 86 valence electrons. The Labute approximate surface area is 105 Å². The molecule has 0 saturated heterocycles. The van der Waals surface area contributed by atoms with Crippen molar-refractivity contribution in [3.63, 3.8) is 0 Å². The number of hydrogen-bond donors (Lipinski definition) is 0. The van der Waals surface area contributed by atoms with E-state index in [9.17, 15) is 4.79 Å². The molecule has 1 aromatic carbocycles. The van der Waals surface area contributed by atoms with Crippen molar-refractivity contribution in [2.75, 3.05) is 0 Å². The topological polar surface area (TPSA) is 17.1 Å². The van der Waals surface area contributed by atoms with Crippen molar-refractivity contribution in [1.82, 2.24) is 0 Å². The Bertz CT molecular complexity index is 392. The van der Waals surface area contributed by atoms with Gasteiger partial charge in [0.05, 0.1) is 0 Å². The maximum Gasteiger partial charge on any atom is 0.163 e. The maximum absolute atomic E-state index is 12.2. The fourth-order valence-electron chi connectivity index (χ4n) is 2.50. The number of benzene rings is 1. The molecule has 1 aliphatic rings. The van der Waals surface area contributed by atoms with Gasteiger partial charge in [-0.1, -0.05) is 53.7 Å². The zero-order valence-electron chi connectivity index (χ0n) is 9.63. The van der Waals surface area contributed by atoms with Crippen LogP contribution >= 0.6 is 15.9 Å². The lowest BCUT2D eigenvalue weighted by Crippen LogP contribution is -2.07.